The summed E-state index contributed by atoms with van der Waals surface area (Å²) in [6.07, 6.45) is 0. The molecule has 0 aliphatic carbocycles. The van der Waals surface area contributed by atoms with Crippen molar-refractivity contribution < 1.29 is 4.92 Å². The van der Waals surface area contributed by atoms with Crippen LogP contribution in [0.2, 0.25) is 0 Å². The van der Waals surface area contributed by atoms with Crippen LogP contribution in [0.25, 0.3) is 0 Å². The third kappa shape index (κ3) is 1.61. The number of nitro groups is 1. The van der Waals surface area contributed by atoms with Crippen molar-refractivity contribution in [1.82, 2.24) is 0 Å². The van der Waals surface area contributed by atoms with Crippen LogP contribution in [0.15, 0.2) is 17.3 Å². The van der Waals surface area contributed by atoms with Gasteiger partial charge in [0.05, 0.1) is 4.92 Å². The molecule has 1 rings (SSSR count). The number of nitro benzene ring substituents is 1. The zero-order valence-electron chi connectivity index (χ0n) is 6.85. The molecule has 68 valence electrons. The van der Waals surface area contributed by atoms with Crippen LogP contribution in [-0.4, -0.2) is 4.92 Å². The molecular formula is C7H7N3O3. The molecule has 0 spiro atoms. The number of nitrogens with zero attached hydrogens (tertiary/aromatic N) is 2. The lowest BCUT2D eigenvalue weighted by Gasteiger charge is -2.00. The molecule has 2 N–H and O–H groups in total. The van der Waals surface area contributed by atoms with Gasteiger partial charge in [0.25, 0.3) is 5.69 Å². The molecule has 0 fully saturated rings. The molecule has 0 bridgehead atoms. The average Bonchev–Trinajstić information content (AvgIpc) is 2.09. The van der Waals surface area contributed by atoms with E-state index in [1.165, 1.54) is 6.07 Å². The normalized spacial score (nSPS) is 9.62. The summed E-state index contributed by atoms with van der Waals surface area (Å²) in [5.74, 6) is 0. The molecule has 0 heterocycles. The number of rotatable bonds is 2. The third-order valence-electron chi connectivity index (χ3n) is 1.71. The second-order valence-corrected chi connectivity index (χ2v) is 2.53. The van der Waals surface area contributed by atoms with Gasteiger partial charge in [0.2, 0.25) is 0 Å². The van der Waals surface area contributed by atoms with Crippen molar-refractivity contribution in [2.75, 3.05) is 5.73 Å². The molecule has 13 heavy (non-hydrogen) atoms. The molecule has 0 aromatic heterocycles. The van der Waals surface area contributed by atoms with Crippen LogP contribution in [0.4, 0.5) is 17.1 Å². The van der Waals surface area contributed by atoms with Gasteiger partial charge in [-0.15, -0.1) is 4.91 Å². The Kier molecular flexibility index (Phi) is 2.23. The number of nitroso groups, excluding NO2 is 1. The predicted octanol–water partition coefficient (Wildman–Crippen LogP) is 1.88. The first-order valence-corrected chi connectivity index (χ1v) is 3.44. The van der Waals surface area contributed by atoms with E-state index in [9.17, 15) is 15.0 Å². The molecule has 0 amide bonds. The standard InChI is InChI=1S/C7H7N3O3/c1-4-6(8)2-5(10(12)13)3-7(4)9-11/h2-3H,8H2,1H3. The Balaban J connectivity index is 3.38. The smallest absolute Gasteiger partial charge is 0.273 e. The van der Waals surface area contributed by atoms with Gasteiger partial charge in [-0.1, -0.05) is 0 Å². The zero-order valence-corrected chi connectivity index (χ0v) is 6.85. The lowest BCUT2D eigenvalue weighted by atomic mass is 10.1. The first-order chi connectivity index (χ1) is 6.06. The molecule has 6 heteroatoms. The van der Waals surface area contributed by atoms with Crippen molar-refractivity contribution in [3.05, 3.63) is 32.7 Å². The molecule has 0 radical (unpaired) electrons. The summed E-state index contributed by atoms with van der Waals surface area (Å²) in [4.78, 5) is 19.9. The highest BCUT2D eigenvalue weighted by molar-refractivity contribution is 5.65. The first kappa shape index (κ1) is 9.11. The number of hydrogen-bond donors (Lipinski definition) is 1. The Bertz CT molecular complexity index is 375. The van der Waals surface area contributed by atoms with Crippen LogP contribution < -0.4 is 5.73 Å². The molecular weight excluding hydrogens is 174 g/mol. The summed E-state index contributed by atoms with van der Waals surface area (Å²) >= 11 is 0. The predicted molar refractivity (Wildman–Crippen MR) is 47.7 cm³/mol. The summed E-state index contributed by atoms with van der Waals surface area (Å²) in [5, 5.41) is 13.0. The van der Waals surface area contributed by atoms with Crippen molar-refractivity contribution >= 4 is 17.1 Å². The fourth-order valence-corrected chi connectivity index (χ4v) is 0.906. The molecule has 1 aromatic carbocycles. The lowest BCUT2D eigenvalue weighted by molar-refractivity contribution is -0.384. The molecule has 0 saturated heterocycles. The highest BCUT2D eigenvalue weighted by Crippen LogP contribution is 2.29. The average molecular weight is 181 g/mol. The monoisotopic (exact) mass is 181 g/mol. The van der Waals surface area contributed by atoms with Crippen LogP contribution in [0, 0.1) is 21.9 Å². The molecule has 0 aliphatic heterocycles. The van der Waals surface area contributed by atoms with Gasteiger partial charge in [0.15, 0.2) is 0 Å². The van der Waals surface area contributed by atoms with Crippen LogP contribution in [-0.2, 0) is 0 Å². The fraction of sp³-hybridized carbons (Fsp3) is 0.143. The highest BCUT2D eigenvalue weighted by atomic mass is 16.6. The molecule has 0 aliphatic rings. The zero-order chi connectivity index (χ0) is 10.0. The Morgan fingerprint density at radius 2 is 2.15 bits per heavy atom. The minimum Gasteiger partial charge on any atom is -0.398 e. The minimum atomic E-state index is -0.621. The van der Waals surface area contributed by atoms with E-state index in [1.54, 1.807) is 6.92 Å². The number of nitrogens with two attached hydrogens (primary N) is 1. The summed E-state index contributed by atoms with van der Waals surface area (Å²) < 4.78 is 0. The van der Waals surface area contributed by atoms with Gasteiger partial charge in [0.1, 0.15) is 5.69 Å². The van der Waals surface area contributed by atoms with Crippen molar-refractivity contribution in [2.45, 2.75) is 6.92 Å². The van der Waals surface area contributed by atoms with Gasteiger partial charge in [-0.05, 0) is 12.1 Å². The number of hydrogen-bond acceptors (Lipinski definition) is 5. The molecule has 0 atom stereocenters. The maximum absolute atomic E-state index is 10.3. The Labute approximate surface area is 73.5 Å². The number of non-ortho nitro benzene ring substituents is 1. The van der Waals surface area contributed by atoms with Crippen molar-refractivity contribution in [1.29, 1.82) is 0 Å². The van der Waals surface area contributed by atoms with Gasteiger partial charge >= 0.3 is 0 Å². The summed E-state index contributed by atoms with van der Waals surface area (Å²) in [6.45, 7) is 1.58. The topological polar surface area (TPSA) is 98.6 Å². The summed E-state index contributed by atoms with van der Waals surface area (Å²) in [5.41, 5.74) is 5.87. The van der Waals surface area contributed by atoms with Gasteiger partial charge in [-0.3, -0.25) is 10.1 Å². The quantitative estimate of drug-likeness (QED) is 0.326. The molecule has 1 aromatic rings. The largest absolute Gasteiger partial charge is 0.398 e. The highest BCUT2D eigenvalue weighted by Gasteiger charge is 2.12. The van der Waals surface area contributed by atoms with E-state index in [-0.39, 0.29) is 17.1 Å². The molecule has 6 nitrogen and oxygen atoms in total. The van der Waals surface area contributed by atoms with E-state index >= 15 is 0 Å². The van der Waals surface area contributed by atoms with Crippen LogP contribution >= 0.6 is 0 Å². The number of anilines is 1. The maximum atomic E-state index is 10.3. The summed E-state index contributed by atoms with van der Waals surface area (Å²) in [6, 6.07) is 2.29. The Morgan fingerprint density at radius 3 is 2.62 bits per heavy atom. The van der Waals surface area contributed by atoms with Crippen molar-refractivity contribution in [2.24, 2.45) is 5.18 Å². The van der Waals surface area contributed by atoms with Crippen LogP contribution in [0.3, 0.4) is 0 Å². The first-order valence-electron chi connectivity index (χ1n) is 3.44. The van der Waals surface area contributed by atoms with E-state index in [0.717, 1.165) is 6.07 Å². The van der Waals surface area contributed by atoms with E-state index in [1.807, 2.05) is 0 Å². The van der Waals surface area contributed by atoms with Gasteiger partial charge < -0.3 is 5.73 Å². The lowest BCUT2D eigenvalue weighted by Crippen LogP contribution is -1.94. The third-order valence-corrected chi connectivity index (χ3v) is 1.71. The maximum Gasteiger partial charge on any atom is 0.273 e. The van der Waals surface area contributed by atoms with Crippen molar-refractivity contribution in [3.8, 4) is 0 Å². The van der Waals surface area contributed by atoms with Crippen LogP contribution in [0.1, 0.15) is 5.56 Å². The second-order valence-electron chi connectivity index (χ2n) is 2.53. The van der Waals surface area contributed by atoms with Crippen LogP contribution in [0.5, 0.6) is 0 Å². The Morgan fingerprint density at radius 1 is 1.54 bits per heavy atom. The summed E-state index contributed by atoms with van der Waals surface area (Å²) in [7, 11) is 0. The van der Waals surface area contributed by atoms with E-state index in [0.29, 0.717) is 5.56 Å². The second kappa shape index (κ2) is 3.18. The van der Waals surface area contributed by atoms with Gasteiger partial charge in [0, 0.05) is 23.4 Å². The van der Waals surface area contributed by atoms with E-state index < -0.39 is 4.92 Å². The van der Waals surface area contributed by atoms with Gasteiger partial charge in [-0.25, -0.2) is 0 Å². The Hall–Kier alpha value is -1.98. The molecule has 0 saturated carbocycles. The minimum absolute atomic E-state index is 0.00620. The number of nitrogen functional groups attached to an aromatic ring is 1. The fourth-order valence-electron chi connectivity index (χ4n) is 0.906. The van der Waals surface area contributed by atoms with E-state index in [4.69, 9.17) is 5.73 Å². The SMILES string of the molecule is Cc1c(N)cc([N+](=O)[O-])cc1N=O. The molecule has 0 unspecified atom stereocenters. The van der Waals surface area contributed by atoms with Gasteiger partial charge in [-0.2, -0.15) is 0 Å². The van der Waals surface area contributed by atoms with E-state index in [2.05, 4.69) is 5.18 Å². The number of benzene rings is 1. The van der Waals surface area contributed by atoms with Crippen molar-refractivity contribution in [3.63, 3.8) is 0 Å².